The highest BCUT2D eigenvalue weighted by Gasteiger charge is 2.28. The molecule has 3 unspecified atom stereocenters. The molecule has 0 rings (SSSR count). The number of allylic oxidation sites excluding steroid dienone is 5. The number of aliphatic hydroxyl groups is 1. The minimum Gasteiger partial charge on any atom is -0.387 e. The number of phosphoric ester groups is 1. The number of hydrogen-bond donors (Lipinski definition) is 3. The summed E-state index contributed by atoms with van der Waals surface area (Å²) in [6, 6.07) is -0.844. The van der Waals surface area contributed by atoms with E-state index in [4.69, 9.17) is 9.05 Å². The number of rotatable bonds is 60. The third-order valence-electron chi connectivity index (χ3n) is 14.9. The van der Waals surface area contributed by atoms with Crippen molar-refractivity contribution < 1.29 is 32.9 Å². The average molecular weight is 1060 g/mol. The molecule has 0 aliphatic carbocycles. The van der Waals surface area contributed by atoms with E-state index in [0.717, 1.165) is 44.9 Å². The Morgan fingerprint density at radius 3 is 1.11 bits per heavy atom. The lowest BCUT2D eigenvalue weighted by molar-refractivity contribution is -0.870. The molecule has 0 aromatic heterocycles. The zero-order valence-corrected chi connectivity index (χ0v) is 51.0. The molecule has 0 aliphatic heterocycles. The molecule has 0 heterocycles. The Kier molecular flexibility index (Phi) is 55.5. The number of likely N-dealkylation sites (N-methyl/N-ethyl adjacent to an activating group) is 1. The van der Waals surface area contributed by atoms with Crippen LogP contribution in [0.2, 0.25) is 0 Å². The van der Waals surface area contributed by atoms with Gasteiger partial charge in [0, 0.05) is 6.42 Å². The van der Waals surface area contributed by atoms with Crippen LogP contribution in [-0.2, 0) is 18.4 Å². The van der Waals surface area contributed by atoms with Crippen molar-refractivity contribution >= 4 is 13.7 Å². The predicted molar refractivity (Wildman–Crippen MR) is 323 cm³/mol. The van der Waals surface area contributed by atoms with Crippen LogP contribution >= 0.6 is 7.82 Å². The van der Waals surface area contributed by atoms with E-state index in [9.17, 15) is 19.4 Å². The van der Waals surface area contributed by atoms with Gasteiger partial charge in [0.15, 0.2) is 0 Å². The SMILES string of the molecule is CCCCCCC/C=C\C/C=C\CCCCCCCCCCCCCCCCCCCCCCCCCCCC(=O)NC(COP(=O)(O)OCC[N+](C)(C)C)C(O)/C=C/CCCCCCCCCCCCCCC. The van der Waals surface area contributed by atoms with Gasteiger partial charge in [0.2, 0.25) is 5.91 Å². The molecule has 3 atom stereocenters. The fourth-order valence-corrected chi connectivity index (χ4v) is 10.5. The van der Waals surface area contributed by atoms with Crippen LogP contribution in [-0.4, -0.2) is 73.4 Å². The summed E-state index contributed by atoms with van der Waals surface area (Å²) in [6.07, 6.45) is 74.2. The van der Waals surface area contributed by atoms with Crippen LogP contribution in [0, 0.1) is 0 Å². The molecule has 0 aromatic carbocycles. The standard InChI is InChI=1S/C65H127N2O6P/c1-6-8-10-12-14-16-18-20-22-23-24-25-26-27-28-29-30-31-32-33-34-35-36-37-38-39-40-41-42-43-45-47-49-51-53-55-57-59-65(69)66-63(62-73-74(70,71)72-61-60-67(3,4)5)64(68)58-56-54-52-50-48-46-44-21-19-17-15-13-11-9-7-2/h18,20,23-24,56,58,63-64,68H,6-17,19,21-22,25-55,57,59-62H2,1-5H3,(H-,66,69,70,71)/p+1/b20-18-,24-23-,58-56+. The summed E-state index contributed by atoms with van der Waals surface area (Å²) in [4.78, 5) is 23.3. The Bertz CT molecular complexity index is 1300. The lowest BCUT2D eigenvalue weighted by Crippen LogP contribution is -2.45. The Morgan fingerprint density at radius 1 is 0.459 bits per heavy atom. The third-order valence-corrected chi connectivity index (χ3v) is 15.8. The van der Waals surface area contributed by atoms with Gasteiger partial charge in [0.25, 0.3) is 0 Å². The first-order valence-electron chi connectivity index (χ1n) is 32.4. The van der Waals surface area contributed by atoms with Gasteiger partial charge in [-0.2, -0.15) is 0 Å². The molecule has 0 radical (unpaired) electrons. The van der Waals surface area contributed by atoms with Gasteiger partial charge in [0.1, 0.15) is 13.2 Å². The fourth-order valence-electron chi connectivity index (χ4n) is 9.78. The van der Waals surface area contributed by atoms with Gasteiger partial charge in [-0.05, 0) is 51.4 Å². The molecule has 9 heteroatoms. The van der Waals surface area contributed by atoms with Crippen LogP contribution in [0.25, 0.3) is 0 Å². The second-order valence-corrected chi connectivity index (χ2v) is 24.9. The van der Waals surface area contributed by atoms with Crippen molar-refractivity contribution in [1.82, 2.24) is 5.32 Å². The Labute approximate surface area is 461 Å². The van der Waals surface area contributed by atoms with E-state index >= 15 is 0 Å². The quantitative estimate of drug-likeness (QED) is 0.0243. The molecule has 1 amide bonds. The zero-order valence-electron chi connectivity index (χ0n) is 50.1. The number of hydrogen-bond acceptors (Lipinski definition) is 5. The molecule has 438 valence electrons. The highest BCUT2D eigenvalue weighted by atomic mass is 31.2. The minimum atomic E-state index is -4.34. The van der Waals surface area contributed by atoms with E-state index in [-0.39, 0.29) is 19.1 Å². The highest BCUT2D eigenvalue weighted by Crippen LogP contribution is 2.43. The maximum atomic E-state index is 13.0. The summed E-state index contributed by atoms with van der Waals surface area (Å²) >= 11 is 0. The Morgan fingerprint density at radius 2 is 0.770 bits per heavy atom. The highest BCUT2D eigenvalue weighted by molar-refractivity contribution is 7.47. The Hall–Kier alpha value is -1.28. The molecule has 3 N–H and O–H groups in total. The van der Waals surface area contributed by atoms with Crippen molar-refractivity contribution in [3.05, 3.63) is 36.5 Å². The number of unbranched alkanes of at least 4 members (excludes halogenated alkanes) is 43. The maximum Gasteiger partial charge on any atom is 0.472 e. The molecule has 0 spiro atoms. The van der Waals surface area contributed by atoms with Crippen LogP contribution in [0.5, 0.6) is 0 Å². The minimum absolute atomic E-state index is 0.0637. The number of aliphatic hydroxyl groups excluding tert-OH is 1. The molecule has 0 saturated heterocycles. The van der Waals surface area contributed by atoms with Crippen LogP contribution in [0.1, 0.15) is 322 Å². The maximum absolute atomic E-state index is 13.0. The first-order valence-corrected chi connectivity index (χ1v) is 33.9. The third kappa shape index (κ3) is 58.4. The van der Waals surface area contributed by atoms with Gasteiger partial charge in [-0.3, -0.25) is 13.8 Å². The summed E-state index contributed by atoms with van der Waals surface area (Å²) in [6.45, 7) is 4.84. The van der Waals surface area contributed by atoms with Crippen LogP contribution in [0.4, 0.5) is 0 Å². The summed E-state index contributed by atoms with van der Waals surface area (Å²) < 4.78 is 23.7. The molecule has 8 nitrogen and oxygen atoms in total. The predicted octanol–water partition coefficient (Wildman–Crippen LogP) is 20.1. The average Bonchev–Trinajstić information content (AvgIpc) is 3.36. The van der Waals surface area contributed by atoms with Crippen LogP contribution < -0.4 is 5.32 Å². The smallest absolute Gasteiger partial charge is 0.387 e. The lowest BCUT2D eigenvalue weighted by atomic mass is 10.0. The molecule has 74 heavy (non-hydrogen) atoms. The lowest BCUT2D eigenvalue weighted by Gasteiger charge is -2.25. The van der Waals surface area contributed by atoms with Gasteiger partial charge in [-0.1, -0.05) is 301 Å². The molecule has 0 saturated carbocycles. The van der Waals surface area contributed by atoms with E-state index in [1.54, 1.807) is 6.08 Å². The van der Waals surface area contributed by atoms with Crippen molar-refractivity contribution in [2.75, 3.05) is 40.9 Å². The monoisotopic (exact) mass is 1060 g/mol. The molecule has 0 bridgehead atoms. The van der Waals surface area contributed by atoms with E-state index in [2.05, 4.69) is 43.5 Å². The Balaban J connectivity index is 3.92. The number of quaternary nitrogens is 1. The number of nitrogens with zero attached hydrogens (tertiary/aromatic N) is 1. The second kappa shape index (κ2) is 56.4. The first-order chi connectivity index (χ1) is 36.0. The normalized spacial score (nSPS) is 14.0. The van der Waals surface area contributed by atoms with Gasteiger partial charge in [0.05, 0.1) is 39.9 Å². The van der Waals surface area contributed by atoms with E-state index in [1.165, 1.54) is 257 Å². The molecule has 0 fully saturated rings. The van der Waals surface area contributed by atoms with Gasteiger partial charge < -0.3 is 19.8 Å². The number of carbonyl (C=O) groups excluding carboxylic acids is 1. The zero-order chi connectivity index (χ0) is 54.2. The fraction of sp³-hybridized carbons (Fsp3) is 0.892. The van der Waals surface area contributed by atoms with Gasteiger partial charge in [-0.25, -0.2) is 4.57 Å². The van der Waals surface area contributed by atoms with Crippen molar-refractivity contribution in [3.63, 3.8) is 0 Å². The van der Waals surface area contributed by atoms with Gasteiger partial charge >= 0.3 is 7.82 Å². The van der Waals surface area contributed by atoms with E-state index in [1.807, 2.05) is 27.2 Å². The molecular weight excluding hydrogens is 936 g/mol. The number of nitrogens with one attached hydrogen (secondary N) is 1. The number of phosphoric acid groups is 1. The van der Waals surface area contributed by atoms with Crippen molar-refractivity contribution in [2.24, 2.45) is 0 Å². The van der Waals surface area contributed by atoms with Crippen LogP contribution in [0.3, 0.4) is 0 Å². The molecule has 0 aromatic rings. The van der Waals surface area contributed by atoms with Crippen molar-refractivity contribution in [1.29, 1.82) is 0 Å². The van der Waals surface area contributed by atoms with Crippen molar-refractivity contribution in [3.8, 4) is 0 Å². The summed E-state index contributed by atoms with van der Waals surface area (Å²) in [5, 5.41) is 13.9. The first kappa shape index (κ1) is 72.7. The summed E-state index contributed by atoms with van der Waals surface area (Å²) in [5.74, 6) is -0.171. The number of amides is 1. The van der Waals surface area contributed by atoms with E-state index < -0.39 is 20.0 Å². The number of carbonyl (C=O) groups is 1. The van der Waals surface area contributed by atoms with Crippen LogP contribution in [0.15, 0.2) is 36.5 Å². The summed E-state index contributed by atoms with van der Waals surface area (Å²) in [5.41, 5.74) is 0. The summed E-state index contributed by atoms with van der Waals surface area (Å²) in [7, 11) is 1.59. The van der Waals surface area contributed by atoms with Crippen molar-refractivity contribution in [2.45, 2.75) is 334 Å². The topological polar surface area (TPSA) is 105 Å². The molecular formula is C65H128N2O6P+. The van der Waals surface area contributed by atoms with E-state index in [0.29, 0.717) is 17.4 Å². The molecule has 0 aliphatic rings. The second-order valence-electron chi connectivity index (χ2n) is 23.5. The van der Waals surface area contributed by atoms with Gasteiger partial charge in [-0.15, -0.1) is 0 Å². The largest absolute Gasteiger partial charge is 0.472 e.